The molecule has 2 atom stereocenters. The van der Waals surface area contributed by atoms with E-state index in [1.165, 1.54) is 25.7 Å². The smallest absolute Gasteiger partial charge is 0.0971 e. The summed E-state index contributed by atoms with van der Waals surface area (Å²) >= 11 is 7.02. The highest BCUT2D eigenvalue weighted by molar-refractivity contribution is 9.11. The van der Waals surface area contributed by atoms with E-state index in [9.17, 15) is 5.11 Å². The summed E-state index contributed by atoms with van der Waals surface area (Å²) in [6.45, 7) is 0. The third kappa shape index (κ3) is 1.52. The molecule has 2 fully saturated rings. The van der Waals surface area contributed by atoms with Gasteiger partial charge >= 0.3 is 0 Å². The summed E-state index contributed by atoms with van der Waals surface area (Å²) in [5.74, 6) is 0.998. The summed E-state index contributed by atoms with van der Waals surface area (Å²) in [6.07, 6.45) is 4.92. The van der Waals surface area contributed by atoms with Gasteiger partial charge in [0.05, 0.1) is 5.60 Å². The number of aliphatic hydroxyl groups is 1. The van der Waals surface area contributed by atoms with E-state index in [1.54, 1.807) is 0 Å². The number of halogens is 2. The van der Waals surface area contributed by atoms with Crippen molar-refractivity contribution in [2.24, 2.45) is 11.8 Å². The highest BCUT2D eigenvalue weighted by Crippen LogP contribution is 2.65. The van der Waals surface area contributed by atoms with Gasteiger partial charge in [0, 0.05) is 8.95 Å². The summed E-state index contributed by atoms with van der Waals surface area (Å²) < 4.78 is 2.08. The first-order valence-corrected chi connectivity index (χ1v) is 7.40. The van der Waals surface area contributed by atoms with E-state index >= 15 is 0 Å². The molecule has 2 unspecified atom stereocenters. The number of hydrogen-bond donors (Lipinski definition) is 1. The first kappa shape index (κ1) is 11.2. The monoisotopic (exact) mass is 344 g/mol. The molecule has 0 spiro atoms. The van der Waals surface area contributed by atoms with Crippen LogP contribution in [0.3, 0.4) is 0 Å². The third-order valence-corrected chi connectivity index (χ3v) is 5.30. The lowest BCUT2D eigenvalue weighted by Crippen LogP contribution is -2.11. The van der Waals surface area contributed by atoms with Gasteiger partial charge in [-0.25, -0.2) is 0 Å². The zero-order chi connectivity index (χ0) is 11.3. The Morgan fingerprint density at radius 3 is 2.31 bits per heavy atom. The predicted octanol–water partition coefficient (Wildman–Crippen LogP) is 4.22. The van der Waals surface area contributed by atoms with Gasteiger partial charge in [-0.15, -0.1) is 0 Å². The lowest BCUT2D eigenvalue weighted by molar-refractivity contribution is 0.117. The molecule has 3 rings (SSSR count). The van der Waals surface area contributed by atoms with Crippen LogP contribution in [0.4, 0.5) is 0 Å². The van der Waals surface area contributed by atoms with Crippen LogP contribution in [0.5, 0.6) is 0 Å². The molecule has 3 heteroatoms. The Balaban J connectivity index is 1.98. The molecule has 1 aromatic rings. The van der Waals surface area contributed by atoms with E-state index in [4.69, 9.17) is 0 Å². The van der Waals surface area contributed by atoms with Crippen LogP contribution in [0, 0.1) is 11.8 Å². The van der Waals surface area contributed by atoms with Crippen LogP contribution in [-0.4, -0.2) is 5.11 Å². The minimum atomic E-state index is -0.546. The van der Waals surface area contributed by atoms with Crippen molar-refractivity contribution in [3.05, 3.63) is 32.7 Å². The second-order valence-corrected chi connectivity index (χ2v) is 6.72. The first-order chi connectivity index (χ1) is 7.64. The summed E-state index contributed by atoms with van der Waals surface area (Å²) in [5, 5.41) is 10.8. The Morgan fingerprint density at radius 2 is 1.75 bits per heavy atom. The zero-order valence-electron chi connectivity index (χ0n) is 8.92. The first-order valence-electron chi connectivity index (χ1n) is 5.82. The number of fused-ring (bicyclic) bond motifs is 1. The average molecular weight is 346 g/mol. The van der Waals surface area contributed by atoms with Crippen molar-refractivity contribution in [2.75, 3.05) is 0 Å². The zero-order valence-corrected chi connectivity index (χ0v) is 12.1. The molecule has 86 valence electrons. The van der Waals surface area contributed by atoms with Crippen molar-refractivity contribution in [1.29, 1.82) is 0 Å². The van der Waals surface area contributed by atoms with E-state index in [-0.39, 0.29) is 0 Å². The van der Waals surface area contributed by atoms with Gasteiger partial charge in [-0.1, -0.05) is 50.8 Å². The molecule has 0 bridgehead atoms. The molecule has 1 nitrogen and oxygen atoms in total. The van der Waals surface area contributed by atoms with Crippen LogP contribution in [0.2, 0.25) is 0 Å². The maximum Gasteiger partial charge on any atom is 0.0971 e. The van der Waals surface area contributed by atoms with E-state index in [1.807, 2.05) is 18.2 Å². The predicted molar refractivity (Wildman–Crippen MR) is 71.2 cm³/mol. The largest absolute Gasteiger partial charge is 0.385 e. The summed E-state index contributed by atoms with van der Waals surface area (Å²) in [5.41, 5.74) is 0.531. The van der Waals surface area contributed by atoms with Crippen LogP contribution in [0.1, 0.15) is 31.2 Å². The van der Waals surface area contributed by atoms with Gasteiger partial charge in [-0.2, -0.15) is 0 Å². The molecule has 16 heavy (non-hydrogen) atoms. The number of benzene rings is 1. The van der Waals surface area contributed by atoms with Gasteiger partial charge in [0.1, 0.15) is 0 Å². The van der Waals surface area contributed by atoms with Crippen LogP contribution in [0.15, 0.2) is 27.1 Å². The van der Waals surface area contributed by atoms with Gasteiger partial charge < -0.3 is 5.11 Å². The topological polar surface area (TPSA) is 20.2 Å². The van der Waals surface area contributed by atoms with E-state index in [2.05, 4.69) is 31.9 Å². The van der Waals surface area contributed by atoms with Crippen molar-refractivity contribution < 1.29 is 5.11 Å². The number of rotatable bonds is 1. The SMILES string of the molecule is OC1(c2ccc(Br)cc2Br)C2CCCCC21. The van der Waals surface area contributed by atoms with Gasteiger partial charge in [-0.3, -0.25) is 0 Å². The molecule has 0 saturated heterocycles. The Bertz CT molecular complexity index is 418. The molecule has 1 N–H and O–H groups in total. The maximum atomic E-state index is 10.8. The van der Waals surface area contributed by atoms with Gasteiger partial charge in [0.25, 0.3) is 0 Å². The molecular formula is C13H14Br2O. The fraction of sp³-hybridized carbons (Fsp3) is 0.538. The Morgan fingerprint density at radius 1 is 1.12 bits per heavy atom. The van der Waals surface area contributed by atoms with Gasteiger partial charge in [-0.05, 0) is 42.4 Å². The van der Waals surface area contributed by atoms with E-state index in [0.717, 1.165) is 14.5 Å². The van der Waals surface area contributed by atoms with Crippen molar-refractivity contribution in [2.45, 2.75) is 31.3 Å². The Hall–Kier alpha value is 0.140. The van der Waals surface area contributed by atoms with Crippen LogP contribution < -0.4 is 0 Å². The second-order valence-electron chi connectivity index (χ2n) is 4.95. The molecule has 2 saturated carbocycles. The minimum absolute atomic E-state index is 0.499. The molecule has 2 aliphatic rings. The van der Waals surface area contributed by atoms with Crippen LogP contribution in [0.25, 0.3) is 0 Å². The number of hydrogen-bond acceptors (Lipinski definition) is 1. The molecule has 0 aromatic heterocycles. The molecule has 0 heterocycles. The lowest BCUT2D eigenvalue weighted by atomic mass is 10.0. The van der Waals surface area contributed by atoms with Crippen LogP contribution >= 0.6 is 31.9 Å². The summed E-state index contributed by atoms with van der Waals surface area (Å²) in [7, 11) is 0. The fourth-order valence-electron chi connectivity index (χ4n) is 3.31. The van der Waals surface area contributed by atoms with Crippen molar-refractivity contribution in [1.82, 2.24) is 0 Å². The minimum Gasteiger partial charge on any atom is -0.385 e. The quantitative estimate of drug-likeness (QED) is 0.807. The Kier molecular flexibility index (Phi) is 2.69. The normalized spacial score (nSPS) is 36.9. The highest BCUT2D eigenvalue weighted by atomic mass is 79.9. The Labute approximate surface area is 113 Å². The summed E-state index contributed by atoms with van der Waals surface area (Å²) in [4.78, 5) is 0. The lowest BCUT2D eigenvalue weighted by Gasteiger charge is -2.13. The summed E-state index contributed by atoms with van der Waals surface area (Å²) in [6, 6.07) is 6.09. The molecule has 0 amide bonds. The van der Waals surface area contributed by atoms with Gasteiger partial charge in [0.2, 0.25) is 0 Å². The van der Waals surface area contributed by atoms with E-state index < -0.39 is 5.60 Å². The molecule has 2 aliphatic carbocycles. The molecule has 0 aliphatic heterocycles. The molecule has 1 aromatic carbocycles. The third-order valence-electron chi connectivity index (χ3n) is 4.15. The average Bonchev–Trinajstić information content (AvgIpc) is 2.86. The van der Waals surface area contributed by atoms with Crippen LogP contribution in [-0.2, 0) is 5.60 Å². The fourth-order valence-corrected chi connectivity index (χ4v) is 4.67. The molecular weight excluding hydrogens is 332 g/mol. The molecule has 0 radical (unpaired) electrons. The second kappa shape index (κ2) is 3.82. The van der Waals surface area contributed by atoms with Crippen molar-refractivity contribution >= 4 is 31.9 Å². The van der Waals surface area contributed by atoms with Crippen molar-refractivity contribution in [3.8, 4) is 0 Å². The van der Waals surface area contributed by atoms with Gasteiger partial charge in [0.15, 0.2) is 0 Å². The highest BCUT2D eigenvalue weighted by Gasteiger charge is 2.65. The standard InChI is InChI=1S/C13H14Br2O/c14-8-5-6-11(12(15)7-8)13(16)9-3-1-2-4-10(9)13/h5-7,9-10,16H,1-4H2. The van der Waals surface area contributed by atoms with Crippen molar-refractivity contribution in [3.63, 3.8) is 0 Å². The maximum absolute atomic E-state index is 10.8. The van der Waals surface area contributed by atoms with E-state index in [0.29, 0.717) is 11.8 Å².